The van der Waals surface area contributed by atoms with Gasteiger partial charge in [-0.05, 0) is 29.7 Å². The summed E-state index contributed by atoms with van der Waals surface area (Å²) in [5, 5.41) is 5.53. The van der Waals surface area contributed by atoms with E-state index in [1.807, 2.05) is 79.0 Å². The second kappa shape index (κ2) is 8.44. The molecule has 0 aliphatic heterocycles. The summed E-state index contributed by atoms with van der Waals surface area (Å²) in [4.78, 5) is 20.8. The zero-order chi connectivity index (χ0) is 21.0. The molecule has 2 aromatic heterocycles. The summed E-state index contributed by atoms with van der Waals surface area (Å²) in [6.45, 7) is 0. The predicted octanol–water partition coefficient (Wildman–Crippen LogP) is 5.55. The van der Waals surface area contributed by atoms with Gasteiger partial charge in [0.25, 0.3) is 0 Å². The first-order chi connectivity index (χ1) is 15.3. The first-order valence-corrected chi connectivity index (χ1v) is 10.5. The lowest BCUT2D eigenvalue weighted by Crippen LogP contribution is -2.29. The fraction of sp³-hybridized carbons (Fsp3) is 0.111. The van der Waals surface area contributed by atoms with Crippen LogP contribution in [0.15, 0.2) is 97.2 Å². The molecule has 2 heterocycles. The zero-order valence-electron chi connectivity index (χ0n) is 17.1. The number of amides is 1. The Kier molecular flexibility index (Phi) is 5.19. The molecule has 0 saturated heterocycles. The van der Waals surface area contributed by atoms with Crippen molar-refractivity contribution in [2.45, 2.75) is 18.9 Å². The third kappa shape index (κ3) is 4.05. The molecule has 0 bridgehead atoms. The van der Waals surface area contributed by atoms with Crippen LogP contribution in [-0.2, 0) is 11.2 Å². The molecule has 4 nitrogen and oxygen atoms in total. The smallest absolute Gasteiger partial charge is 0.221 e. The summed E-state index contributed by atoms with van der Waals surface area (Å²) >= 11 is 0. The minimum absolute atomic E-state index is 0.0125. The number of H-pyrrole nitrogens is 1. The number of aryl methyl sites for hydroxylation is 1. The van der Waals surface area contributed by atoms with Crippen LogP contribution in [-0.4, -0.2) is 15.9 Å². The molecule has 0 unspecified atom stereocenters. The quantitative estimate of drug-likeness (QED) is 0.389. The van der Waals surface area contributed by atoms with E-state index >= 15 is 0 Å². The molecule has 0 saturated carbocycles. The lowest BCUT2D eigenvalue weighted by Gasteiger charge is -2.20. The predicted molar refractivity (Wildman–Crippen MR) is 125 cm³/mol. The molecule has 152 valence electrons. The number of nitrogens with zero attached hydrogens (tertiary/aromatic N) is 1. The van der Waals surface area contributed by atoms with E-state index in [-0.39, 0.29) is 11.9 Å². The van der Waals surface area contributed by atoms with Crippen LogP contribution in [0.3, 0.4) is 0 Å². The molecule has 1 amide bonds. The molecule has 3 aromatic carbocycles. The number of rotatable bonds is 6. The Bertz CT molecular complexity index is 1290. The number of pyridine rings is 1. The van der Waals surface area contributed by atoms with Crippen LogP contribution in [0.4, 0.5) is 0 Å². The summed E-state index contributed by atoms with van der Waals surface area (Å²) < 4.78 is 0. The van der Waals surface area contributed by atoms with Crippen molar-refractivity contribution in [2.24, 2.45) is 0 Å². The Labute approximate surface area is 181 Å². The Morgan fingerprint density at radius 2 is 1.45 bits per heavy atom. The van der Waals surface area contributed by atoms with Crippen molar-refractivity contribution in [3.8, 4) is 0 Å². The van der Waals surface area contributed by atoms with Crippen molar-refractivity contribution < 1.29 is 4.79 Å². The molecule has 0 aliphatic carbocycles. The fourth-order valence-corrected chi connectivity index (χ4v) is 4.05. The van der Waals surface area contributed by atoms with Gasteiger partial charge in [-0.3, -0.25) is 9.78 Å². The van der Waals surface area contributed by atoms with Gasteiger partial charge in [0.2, 0.25) is 5.91 Å². The molecule has 5 aromatic rings. The van der Waals surface area contributed by atoms with Crippen LogP contribution < -0.4 is 5.32 Å². The maximum absolute atomic E-state index is 12.9. The van der Waals surface area contributed by atoms with Crippen molar-refractivity contribution in [3.63, 3.8) is 0 Å². The molecule has 0 spiro atoms. The second-order valence-corrected chi connectivity index (χ2v) is 7.71. The van der Waals surface area contributed by atoms with E-state index < -0.39 is 0 Å². The second-order valence-electron chi connectivity index (χ2n) is 7.71. The zero-order valence-corrected chi connectivity index (χ0v) is 17.1. The minimum Gasteiger partial charge on any atom is -0.353 e. The Balaban J connectivity index is 1.33. The van der Waals surface area contributed by atoms with Gasteiger partial charge in [-0.15, -0.1) is 0 Å². The third-order valence-corrected chi connectivity index (χ3v) is 5.63. The standard InChI is InChI=1S/C27H23N3O/c31-26(30-27(19-9-3-1-4-10-19)20-11-5-2-6-12-20)16-15-21-17-23-22-13-7-8-14-24(22)29-25(23)18-28-21/h1-14,17-18,27,29H,15-16H2,(H,30,31). The summed E-state index contributed by atoms with van der Waals surface area (Å²) in [6, 6.07) is 30.3. The SMILES string of the molecule is O=C(CCc1cc2c(cn1)[nH]c1ccccc12)NC(c1ccccc1)c1ccccc1. The van der Waals surface area contributed by atoms with Crippen LogP contribution in [0.5, 0.6) is 0 Å². The maximum Gasteiger partial charge on any atom is 0.221 e. The van der Waals surface area contributed by atoms with Crippen molar-refractivity contribution in [3.05, 3.63) is 114 Å². The van der Waals surface area contributed by atoms with E-state index in [0.29, 0.717) is 12.8 Å². The monoisotopic (exact) mass is 405 g/mol. The molecule has 0 atom stereocenters. The van der Waals surface area contributed by atoms with Gasteiger partial charge in [0.15, 0.2) is 0 Å². The highest BCUT2D eigenvalue weighted by molar-refractivity contribution is 6.06. The number of carbonyl (C=O) groups excluding carboxylic acids is 1. The lowest BCUT2D eigenvalue weighted by molar-refractivity contribution is -0.121. The average Bonchev–Trinajstić information content (AvgIpc) is 3.20. The summed E-state index contributed by atoms with van der Waals surface area (Å²) in [6.07, 6.45) is 2.84. The molecule has 4 heteroatoms. The largest absolute Gasteiger partial charge is 0.353 e. The third-order valence-electron chi connectivity index (χ3n) is 5.63. The first kappa shape index (κ1) is 19.1. The van der Waals surface area contributed by atoms with E-state index in [0.717, 1.165) is 33.2 Å². The number of aromatic nitrogens is 2. The summed E-state index contributed by atoms with van der Waals surface area (Å²) in [7, 11) is 0. The minimum atomic E-state index is -0.168. The van der Waals surface area contributed by atoms with Crippen molar-refractivity contribution in [1.29, 1.82) is 0 Å². The number of hydrogen-bond acceptors (Lipinski definition) is 2. The molecule has 0 aliphatic rings. The highest BCUT2D eigenvalue weighted by Gasteiger charge is 2.16. The van der Waals surface area contributed by atoms with E-state index in [1.165, 1.54) is 5.39 Å². The fourth-order valence-electron chi connectivity index (χ4n) is 4.05. The van der Waals surface area contributed by atoms with Gasteiger partial charge in [0.1, 0.15) is 0 Å². The van der Waals surface area contributed by atoms with Crippen molar-refractivity contribution in [1.82, 2.24) is 15.3 Å². The summed E-state index contributed by atoms with van der Waals surface area (Å²) in [5.74, 6) is 0.0125. The van der Waals surface area contributed by atoms with Gasteiger partial charge in [0, 0.05) is 28.4 Å². The topological polar surface area (TPSA) is 57.8 Å². The molecular weight excluding hydrogens is 382 g/mol. The molecule has 2 N–H and O–H groups in total. The number of para-hydroxylation sites is 1. The number of benzene rings is 3. The van der Waals surface area contributed by atoms with E-state index in [4.69, 9.17) is 0 Å². The first-order valence-electron chi connectivity index (χ1n) is 10.5. The van der Waals surface area contributed by atoms with Crippen molar-refractivity contribution >= 4 is 27.7 Å². The summed E-state index contributed by atoms with van der Waals surface area (Å²) in [5.41, 5.74) is 5.18. The van der Waals surface area contributed by atoms with Crippen LogP contribution in [0, 0.1) is 0 Å². The maximum atomic E-state index is 12.9. The van der Waals surface area contributed by atoms with Gasteiger partial charge in [-0.25, -0.2) is 0 Å². The lowest BCUT2D eigenvalue weighted by atomic mass is 9.98. The van der Waals surface area contributed by atoms with Crippen LogP contribution in [0.2, 0.25) is 0 Å². The van der Waals surface area contributed by atoms with Gasteiger partial charge < -0.3 is 10.3 Å². The molecular formula is C27H23N3O. The Hall–Kier alpha value is -3.92. The molecule has 5 rings (SSSR count). The average molecular weight is 406 g/mol. The number of carbonyl (C=O) groups is 1. The van der Waals surface area contributed by atoms with E-state index in [2.05, 4.69) is 33.5 Å². The van der Waals surface area contributed by atoms with Gasteiger partial charge in [-0.1, -0.05) is 78.9 Å². The highest BCUT2D eigenvalue weighted by Crippen LogP contribution is 2.26. The Morgan fingerprint density at radius 1 is 0.806 bits per heavy atom. The van der Waals surface area contributed by atoms with E-state index in [1.54, 1.807) is 0 Å². The van der Waals surface area contributed by atoms with Gasteiger partial charge >= 0.3 is 0 Å². The Morgan fingerprint density at radius 3 is 2.16 bits per heavy atom. The van der Waals surface area contributed by atoms with Crippen molar-refractivity contribution in [2.75, 3.05) is 0 Å². The molecule has 31 heavy (non-hydrogen) atoms. The number of aromatic amines is 1. The van der Waals surface area contributed by atoms with Crippen LogP contribution in [0.25, 0.3) is 21.8 Å². The number of fused-ring (bicyclic) bond motifs is 3. The normalized spacial score (nSPS) is 11.3. The van der Waals surface area contributed by atoms with Gasteiger partial charge in [0.05, 0.1) is 17.8 Å². The van der Waals surface area contributed by atoms with Crippen LogP contribution >= 0.6 is 0 Å². The van der Waals surface area contributed by atoms with Gasteiger partial charge in [-0.2, -0.15) is 0 Å². The number of hydrogen-bond donors (Lipinski definition) is 2. The molecule has 0 radical (unpaired) electrons. The van der Waals surface area contributed by atoms with E-state index in [9.17, 15) is 4.79 Å². The van der Waals surface area contributed by atoms with Crippen LogP contribution in [0.1, 0.15) is 29.3 Å². The number of nitrogens with one attached hydrogen (secondary N) is 2. The highest BCUT2D eigenvalue weighted by atomic mass is 16.1. The molecule has 0 fully saturated rings.